The number of fused-ring (bicyclic) bond motifs is 1. The Labute approximate surface area is 171 Å². The van der Waals surface area contributed by atoms with Gasteiger partial charge in [-0.15, -0.1) is 0 Å². The molecule has 0 saturated heterocycles. The van der Waals surface area contributed by atoms with E-state index in [1.807, 2.05) is 19.1 Å². The Bertz CT molecular complexity index is 1180. The molecule has 0 radical (unpaired) electrons. The van der Waals surface area contributed by atoms with E-state index >= 15 is 0 Å². The van der Waals surface area contributed by atoms with Crippen LogP contribution < -0.4 is 10.1 Å². The molecule has 0 aliphatic heterocycles. The summed E-state index contributed by atoms with van der Waals surface area (Å²) in [5, 5.41) is 10.4. The van der Waals surface area contributed by atoms with E-state index in [0.717, 1.165) is 12.0 Å². The average molecular weight is 407 g/mol. The van der Waals surface area contributed by atoms with E-state index in [9.17, 15) is 13.6 Å². The lowest BCUT2D eigenvalue weighted by molar-refractivity contribution is 0.102. The van der Waals surface area contributed by atoms with Crippen molar-refractivity contribution in [1.82, 2.24) is 10.2 Å². The van der Waals surface area contributed by atoms with Crippen molar-refractivity contribution in [2.24, 2.45) is 0 Å². The quantitative estimate of drug-likeness (QED) is 0.460. The van der Waals surface area contributed by atoms with Crippen molar-refractivity contribution in [2.75, 3.05) is 5.32 Å². The predicted octanol–water partition coefficient (Wildman–Crippen LogP) is 5.23. The number of carbonyl (C=O) groups is 1. The Kier molecular flexibility index (Phi) is 5.43. The maximum atomic E-state index is 13.8. The Balaban J connectivity index is 1.53. The molecule has 0 aliphatic carbocycles. The highest BCUT2D eigenvalue weighted by molar-refractivity contribution is 6.08. The van der Waals surface area contributed by atoms with Gasteiger partial charge in [0, 0.05) is 10.9 Å². The standard InChI is InChI=1S/C23H19F2N3O2/c1-2-14-6-8-15(9-7-14)23(29)26-22-17-12-16(10-11-21(17)27-28-22)30-13-18-19(24)4-3-5-20(18)25/h3-12H,2,13H2,1H3,(H2,26,27,28,29). The lowest BCUT2D eigenvalue weighted by atomic mass is 10.1. The fraction of sp³-hybridized carbons (Fsp3) is 0.130. The first-order valence-corrected chi connectivity index (χ1v) is 9.49. The normalized spacial score (nSPS) is 10.9. The van der Waals surface area contributed by atoms with E-state index in [4.69, 9.17) is 4.74 Å². The van der Waals surface area contributed by atoms with Gasteiger partial charge < -0.3 is 10.1 Å². The number of hydrogen-bond donors (Lipinski definition) is 2. The van der Waals surface area contributed by atoms with Gasteiger partial charge >= 0.3 is 0 Å². The molecule has 0 spiro atoms. The number of H-pyrrole nitrogens is 1. The number of rotatable bonds is 6. The number of aromatic nitrogens is 2. The van der Waals surface area contributed by atoms with E-state index < -0.39 is 11.6 Å². The van der Waals surface area contributed by atoms with E-state index in [1.165, 1.54) is 18.2 Å². The molecule has 0 unspecified atom stereocenters. The highest BCUT2D eigenvalue weighted by Gasteiger charge is 2.13. The lowest BCUT2D eigenvalue weighted by Crippen LogP contribution is -2.12. The van der Waals surface area contributed by atoms with Gasteiger partial charge in [0.15, 0.2) is 5.82 Å². The molecule has 0 saturated carbocycles. The van der Waals surface area contributed by atoms with Crippen LogP contribution in [0.4, 0.5) is 14.6 Å². The summed E-state index contributed by atoms with van der Waals surface area (Å²) >= 11 is 0. The van der Waals surface area contributed by atoms with Gasteiger partial charge in [0.2, 0.25) is 0 Å². The van der Waals surface area contributed by atoms with Crippen LogP contribution in [0, 0.1) is 11.6 Å². The molecule has 2 N–H and O–H groups in total. The molecule has 0 bridgehead atoms. The second kappa shape index (κ2) is 8.32. The Morgan fingerprint density at radius 3 is 2.50 bits per heavy atom. The van der Waals surface area contributed by atoms with E-state index in [1.54, 1.807) is 30.3 Å². The summed E-state index contributed by atoms with van der Waals surface area (Å²) in [6, 6.07) is 16.1. The van der Waals surface area contributed by atoms with Crippen LogP contribution in [0.3, 0.4) is 0 Å². The van der Waals surface area contributed by atoms with Crippen LogP contribution >= 0.6 is 0 Å². The lowest BCUT2D eigenvalue weighted by Gasteiger charge is -2.09. The predicted molar refractivity (Wildman–Crippen MR) is 111 cm³/mol. The zero-order valence-electron chi connectivity index (χ0n) is 16.2. The minimum atomic E-state index is -0.665. The van der Waals surface area contributed by atoms with Crippen molar-refractivity contribution in [2.45, 2.75) is 20.0 Å². The van der Waals surface area contributed by atoms with E-state index in [2.05, 4.69) is 15.5 Å². The zero-order chi connectivity index (χ0) is 21.1. The number of halogens is 2. The van der Waals surface area contributed by atoms with Crippen LogP contribution in [0.2, 0.25) is 0 Å². The molecule has 4 rings (SSSR count). The molecule has 4 aromatic rings. The summed E-state index contributed by atoms with van der Waals surface area (Å²) in [6.07, 6.45) is 0.894. The first-order chi connectivity index (χ1) is 14.5. The summed E-state index contributed by atoms with van der Waals surface area (Å²) in [5.74, 6) is -0.875. The minimum absolute atomic E-state index is 0.145. The van der Waals surface area contributed by atoms with E-state index in [0.29, 0.717) is 28.0 Å². The molecule has 0 fully saturated rings. The Morgan fingerprint density at radius 1 is 1.07 bits per heavy atom. The Hall–Kier alpha value is -3.74. The number of ether oxygens (including phenoxy) is 1. The molecule has 152 valence electrons. The molecule has 0 aliphatic rings. The summed E-state index contributed by atoms with van der Waals surface area (Å²) in [5.41, 5.74) is 2.21. The largest absolute Gasteiger partial charge is 0.489 e. The fourth-order valence-corrected chi connectivity index (χ4v) is 3.08. The van der Waals surface area contributed by atoms with Crippen molar-refractivity contribution in [1.29, 1.82) is 0 Å². The van der Waals surface area contributed by atoms with E-state index in [-0.39, 0.29) is 18.1 Å². The number of carbonyl (C=O) groups excluding carboxylic acids is 1. The van der Waals surface area contributed by atoms with Gasteiger partial charge in [-0.1, -0.05) is 25.1 Å². The number of nitrogens with one attached hydrogen (secondary N) is 2. The van der Waals surface area contributed by atoms with Gasteiger partial charge in [0.1, 0.15) is 24.0 Å². The number of hydrogen-bond acceptors (Lipinski definition) is 3. The van der Waals surface area contributed by atoms with Crippen LogP contribution in [0.15, 0.2) is 60.7 Å². The zero-order valence-corrected chi connectivity index (χ0v) is 16.2. The average Bonchev–Trinajstić information content (AvgIpc) is 3.15. The minimum Gasteiger partial charge on any atom is -0.489 e. The molecule has 1 aromatic heterocycles. The summed E-state index contributed by atoms with van der Waals surface area (Å²) in [4.78, 5) is 12.5. The first kappa shape index (κ1) is 19.6. The van der Waals surface area contributed by atoms with Gasteiger partial charge in [-0.25, -0.2) is 8.78 Å². The van der Waals surface area contributed by atoms with Crippen LogP contribution in [0.5, 0.6) is 5.75 Å². The summed E-state index contributed by atoms with van der Waals surface area (Å²) < 4.78 is 33.1. The molecular formula is C23H19F2N3O2. The SMILES string of the molecule is CCc1ccc(C(=O)Nc2n[nH]c3ccc(OCc4c(F)cccc4F)cc23)cc1. The number of anilines is 1. The van der Waals surface area contributed by atoms with Crippen molar-refractivity contribution in [3.8, 4) is 5.75 Å². The molecule has 0 atom stereocenters. The van der Waals surface area contributed by atoms with Crippen molar-refractivity contribution < 1.29 is 18.3 Å². The molecule has 5 nitrogen and oxygen atoms in total. The fourth-order valence-electron chi connectivity index (χ4n) is 3.08. The molecular weight excluding hydrogens is 388 g/mol. The monoisotopic (exact) mass is 407 g/mol. The number of amides is 1. The molecule has 1 heterocycles. The highest BCUT2D eigenvalue weighted by Crippen LogP contribution is 2.27. The smallest absolute Gasteiger partial charge is 0.256 e. The number of aromatic amines is 1. The van der Waals surface area contributed by atoms with Crippen molar-refractivity contribution in [3.05, 3.63) is 89.0 Å². The van der Waals surface area contributed by atoms with Gasteiger partial charge in [0.05, 0.1) is 11.1 Å². The van der Waals surface area contributed by atoms with Gasteiger partial charge in [-0.3, -0.25) is 9.89 Å². The Morgan fingerprint density at radius 2 is 1.80 bits per heavy atom. The second-order valence-electron chi connectivity index (χ2n) is 6.77. The number of benzene rings is 3. The molecule has 1 amide bonds. The van der Waals surface area contributed by atoms with Crippen LogP contribution in [0.1, 0.15) is 28.4 Å². The van der Waals surface area contributed by atoms with Gasteiger partial charge in [-0.05, 0) is 54.4 Å². The molecule has 7 heteroatoms. The van der Waals surface area contributed by atoms with Crippen molar-refractivity contribution in [3.63, 3.8) is 0 Å². The van der Waals surface area contributed by atoms with Crippen LogP contribution in [-0.4, -0.2) is 16.1 Å². The highest BCUT2D eigenvalue weighted by atomic mass is 19.1. The first-order valence-electron chi connectivity index (χ1n) is 9.49. The van der Waals surface area contributed by atoms with Crippen molar-refractivity contribution >= 4 is 22.6 Å². The van der Waals surface area contributed by atoms with Crippen LogP contribution in [0.25, 0.3) is 10.9 Å². The molecule has 3 aromatic carbocycles. The second-order valence-corrected chi connectivity index (χ2v) is 6.77. The molecule has 30 heavy (non-hydrogen) atoms. The maximum Gasteiger partial charge on any atom is 0.256 e. The maximum absolute atomic E-state index is 13.8. The van der Waals surface area contributed by atoms with Crippen LogP contribution in [-0.2, 0) is 13.0 Å². The summed E-state index contributed by atoms with van der Waals surface area (Å²) in [6.45, 7) is 1.79. The third kappa shape index (κ3) is 4.00. The topological polar surface area (TPSA) is 67.0 Å². The number of aryl methyl sites for hydroxylation is 1. The van der Waals surface area contributed by atoms with Gasteiger partial charge in [-0.2, -0.15) is 5.10 Å². The third-order valence-corrected chi connectivity index (χ3v) is 4.84. The van der Waals surface area contributed by atoms with Gasteiger partial charge in [0.25, 0.3) is 5.91 Å². The number of nitrogens with zero attached hydrogens (tertiary/aromatic N) is 1. The summed E-state index contributed by atoms with van der Waals surface area (Å²) in [7, 11) is 0. The third-order valence-electron chi connectivity index (χ3n) is 4.84.